The van der Waals surface area contributed by atoms with Gasteiger partial charge in [0.05, 0.1) is 12.0 Å². The molecule has 0 unspecified atom stereocenters. The predicted molar refractivity (Wildman–Crippen MR) is 132 cm³/mol. The van der Waals surface area contributed by atoms with Gasteiger partial charge >= 0.3 is 5.97 Å². The number of unbranched alkanes of at least 4 members (excludes halogenated alkanes) is 8. The minimum atomic E-state index is -1.43. The van der Waals surface area contributed by atoms with Gasteiger partial charge in [-0.05, 0) is 24.1 Å². The van der Waals surface area contributed by atoms with Crippen molar-refractivity contribution in [1.82, 2.24) is 14.5 Å². The van der Waals surface area contributed by atoms with E-state index in [9.17, 15) is 9.90 Å². The van der Waals surface area contributed by atoms with Gasteiger partial charge in [-0.3, -0.25) is 4.79 Å². The lowest BCUT2D eigenvalue weighted by Crippen LogP contribution is -2.44. The molecule has 2 aromatic heterocycles. The van der Waals surface area contributed by atoms with Crippen LogP contribution in [0.15, 0.2) is 12.3 Å². The van der Waals surface area contributed by atoms with Crippen LogP contribution in [0.4, 0.5) is 5.82 Å². The molecule has 3 heterocycles. The van der Waals surface area contributed by atoms with Crippen LogP contribution in [-0.2, 0) is 14.3 Å². The summed E-state index contributed by atoms with van der Waals surface area (Å²) in [6.07, 6.45) is 17.1. The van der Waals surface area contributed by atoms with Crippen molar-refractivity contribution in [3.05, 3.63) is 17.5 Å². The smallest absolute Gasteiger partial charge is 0.306 e. The Kier molecular flexibility index (Phi) is 9.57. The SMILES string of the molecule is C#C[C@]1(CO)O[C@@H](n2ccc3c(N)nc(Cl)nc32)C[C@@H]1OC(=O)CCCCCCCCCCC. The number of rotatable bonds is 13. The van der Waals surface area contributed by atoms with Gasteiger partial charge in [-0.2, -0.15) is 4.98 Å². The summed E-state index contributed by atoms with van der Waals surface area (Å²) < 4.78 is 13.5. The Labute approximate surface area is 206 Å². The number of hydrogen-bond donors (Lipinski definition) is 2. The minimum absolute atomic E-state index is 0.0113. The number of hydrogen-bond acceptors (Lipinski definition) is 7. The fourth-order valence-corrected chi connectivity index (χ4v) is 4.60. The summed E-state index contributed by atoms with van der Waals surface area (Å²) in [7, 11) is 0. The van der Waals surface area contributed by atoms with Crippen LogP contribution in [0.3, 0.4) is 0 Å². The molecule has 0 amide bonds. The van der Waals surface area contributed by atoms with E-state index < -0.39 is 24.5 Å². The van der Waals surface area contributed by atoms with Crippen LogP contribution in [0.5, 0.6) is 0 Å². The molecule has 1 saturated heterocycles. The number of aromatic nitrogens is 3. The van der Waals surface area contributed by atoms with Crippen molar-refractivity contribution in [1.29, 1.82) is 0 Å². The van der Waals surface area contributed by atoms with Crippen LogP contribution in [-0.4, -0.2) is 43.9 Å². The molecule has 0 aromatic carbocycles. The number of esters is 1. The van der Waals surface area contributed by atoms with E-state index in [0.717, 1.165) is 19.3 Å². The van der Waals surface area contributed by atoms with Crippen LogP contribution in [0.25, 0.3) is 11.0 Å². The number of anilines is 1. The Balaban J connectivity index is 1.55. The van der Waals surface area contributed by atoms with Crippen molar-refractivity contribution in [2.24, 2.45) is 0 Å². The molecule has 34 heavy (non-hydrogen) atoms. The molecular weight excluding hydrogens is 456 g/mol. The number of nitrogen functional groups attached to an aromatic ring is 1. The Morgan fingerprint density at radius 2 is 1.97 bits per heavy atom. The molecule has 1 fully saturated rings. The van der Waals surface area contributed by atoms with E-state index in [2.05, 4.69) is 22.8 Å². The Bertz CT molecular complexity index is 1000. The van der Waals surface area contributed by atoms with E-state index in [1.807, 2.05) is 0 Å². The second-order valence-electron chi connectivity index (χ2n) is 8.90. The molecule has 0 bridgehead atoms. The zero-order valence-corrected chi connectivity index (χ0v) is 20.6. The number of nitrogens with two attached hydrogens (primary N) is 1. The molecule has 0 saturated carbocycles. The van der Waals surface area contributed by atoms with Crippen LogP contribution in [0, 0.1) is 12.3 Å². The number of carbonyl (C=O) groups excluding carboxylic acids is 1. The fourth-order valence-electron chi connectivity index (χ4n) is 4.42. The number of ether oxygens (including phenoxy) is 2. The summed E-state index contributed by atoms with van der Waals surface area (Å²) in [6, 6.07) is 1.75. The molecule has 0 radical (unpaired) electrons. The van der Waals surface area contributed by atoms with Crippen molar-refractivity contribution in [3.8, 4) is 12.3 Å². The molecule has 2 aromatic rings. The molecule has 1 aliphatic heterocycles. The minimum Gasteiger partial charge on any atom is -0.458 e. The third-order valence-electron chi connectivity index (χ3n) is 6.40. The molecule has 3 N–H and O–H groups in total. The predicted octanol–water partition coefficient (Wildman–Crippen LogP) is 4.78. The largest absolute Gasteiger partial charge is 0.458 e. The summed E-state index contributed by atoms with van der Waals surface area (Å²) in [4.78, 5) is 20.7. The van der Waals surface area contributed by atoms with Gasteiger partial charge in [0.25, 0.3) is 0 Å². The second kappa shape index (κ2) is 12.4. The number of fused-ring (bicyclic) bond motifs is 1. The lowest BCUT2D eigenvalue weighted by Gasteiger charge is -2.26. The van der Waals surface area contributed by atoms with Crippen molar-refractivity contribution in [2.75, 3.05) is 12.3 Å². The number of aliphatic hydroxyl groups excluding tert-OH is 1. The van der Waals surface area contributed by atoms with E-state index in [-0.39, 0.29) is 23.5 Å². The van der Waals surface area contributed by atoms with Crippen molar-refractivity contribution < 1.29 is 19.4 Å². The van der Waals surface area contributed by atoms with Crippen molar-refractivity contribution in [3.63, 3.8) is 0 Å². The molecule has 3 atom stereocenters. The highest BCUT2D eigenvalue weighted by Gasteiger charge is 2.50. The maximum atomic E-state index is 12.5. The van der Waals surface area contributed by atoms with E-state index in [1.54, 1.807) is 16.8 Å². The lowest BCUT2D eigenvalue weighted by atomic mass is 9.98. The fraction of sp³-hybridized carbons (Fsp3) is 0.640. The van der Waals surface area contributed by atoms with Gasteiger partial charge < -0.3 is 24.9 Å². The Morgan fingerprint density at radius 3 is 2.62 bits per heavy atom. The quantitative estimate of drug-likeness (QED) is 0.180. The van der Waals surface area contributed by atoms with Crippen LogP contribution in [0.2, 0.25) is 5.28 Å². The van der Waals surface area contributed by atoms with Crippen molar-refractivity contribution >= 4 is 34.4 Å². The first-order chi connectivity index (χ1) is 16.4. The third-order valence-corrected chi connectivity index (χ3v) is 6.57. The molecule has 3 rings (SSSR count). The molecule has 9 heteroatoms. The molecule has 8 nitrogen and oxygen atoms in total. The topological polar surface area (TPSA) is 112 Å². The summed E-state index contributed by atoms with van der Waals surface area (Å²) in [5.41, 5.74) is 4.99. The highest BCUT2D eigenvalue weighted by Crippen LogP contribution is 2.40. The summed E-state index contributed by atoms with van der Waals surface area (Å²) in [5, 5.41) is 10.7. The summed E-state index contributed by atoms with van der Waals surface area (Å²) in [5.74, 6) is 2.42. The first-order valence-corrected chi connectivity index (χ1v) is 12.6. The Morgan fingerprint density at radius 1 is 1.29 bits per heavy atom. The number of halogens is 1. The van der Waals surface area contributed by atoms with Crippen molar-refractivity contribution in [2.45, 2.75) is 95.5 Å². The number of terminal acetylenes is 1. The zero-order chi connectivity index (χ0) is 24.6. The van der Waals surface area contributed by atoms with Gasteiger partial charge in [0.1, 0.15) is 23.8 Å². The first kappa shape index (κ1) is 26.3. The van der Waals surface area contributed by atoms with E-state index >= 15 is 0 Å². The highest BCUT2D eigenvalue weighted by atomic mass is 35.5. The molecule has 1 aliphatic rings. The average molecular weight is 491 g/mol. The number of aliphatic hydroxyl groups is 1. The average Bonchev–Trinajstić information content (AvgIpc) is 3.39. The molecule has 0 spiro atoms. The van der Waals surface area contributed by atoms with Gasteiger partial charge in [0, 0.05) is 19.0 Å². The summed E-state index contributed by atoms with van der Waals surface area (Å²) in [6.45, 7) is 1.74. The van der Waals surface area contributed by atoms with Gasteiger partial charge in [0.2, 0.25) is 5.28 Å². The maximum Gasteiger partial charge on any atom is 0.306 e. The second-order valence-corrected chi connectivity index (χ2v) is 9.23. The van der Waals surface area contributed by atoms with E-state index in [0.29, 0.717) is 17.5 Å². The number of nitrogens with zero attached hydrogens (tertiary/aromatic N) is 3. The van der Waals surface area contributed by atoms with Gasteiger partial charge in [-0.25, -0.2) is 4.98 Å². The zero-order valence-electron chi connectivity index (χ0n) is 19.8. The van der Waals surface area contributed by atoms with Crippen LogP contribution in [0.1, 0.15) is 83.8 Å². The van der Waals surface area contributed by atoms with Crippen LogP contribution >= 0.6 is 11.6 Å². The van der Waals surface area contributed by atoms with Crippen LogP contribution < -0.4 is 5.73 Å². The molecule has 186 valence electrons. The first-order valence-electron chi connectivity index (χ1n) is 12.2. The molecular formula is C25H35ClN4O4. The van der Waals surface area contributed by atoms with Gasteiger partial charge in [-0.15, -0.1) is 6.42 Å². The maximum absolute atomic E-state index is 12.5. The van der Waals surface area contributed by atoms with E-state index in [1.165, 1.54) is 38.5 Å². The standard InChI is InChI=1S/C25H35ClN4O4/c1-3-5-6-7-8-9-10-11-12-13-21(32)33-19-16-20(34-25(19,4-2)17-31)30-15-14-18-22(27)28-24(26)29-23(18)30/h2,14-15,19-20,31H,3,5-13,16-17H2,1H3,(H2,27,28,29)/t19-,20+,25+/m0/s1. The van der Waals surface area contributed by atoms with Gasteiger partial charge in [-0.1, -0.05) is 64.2 Å². The third kappa shape index (κ3) is 6.21. The monoisotopic (exact) mass is 490 g/mol. The summed E-state index contributed by atoms with van der Waals surface area (Å²) >= 11 is 5.98. The van der Waals surface area contributed by atoms with E-state index in [4.69, 9.17) is 33.2 Å². The normalized spacial score (nSPS) is 22.2. The highest BCUT2D eigenvalue weighted by molar-refractivity contribution is 6.28. The lowest BCUT2D eigenvalue weighted by molar-refractivity contribution is -0.158. The number of carbonyl (C=O) groups is 1. The molecule has 0 aliphatic carbocycles. The van der Waals surface area contributed by atoms with Gasteiger partial charge in [0.15, 0.2) is 5.60 Å². The Hall–Kier alpha value is -2.34.